The number of carbonyl (C=O) groups is 1. The highest BCUT2D eigenvalue weighted by atomic mass is 16.5. The maximum atomic E-state index is 12.2. The number of nitrogens with one attached hydrogen (secondary N) is 2. The zero-order chi connectivity index (χ0) is 21.2. The van der Waals surface area contributed by atoms with E-state index in [-0.39, 0.29) is 17.0 Å². The van der Waals surface area contributed by atoms with Crippen LogP contribution in [0.3, 0.4) is 0 Å². The van der Waals surface area contributed by atoms with Gasteiger partial charge in [-0.3, -0.25) is 9.20 Å². The van der Waals surface area contributed by atoms with Gasteiger partial charge in [0.2, 0.25) is 5.95 Å². The summed E-state index contributed by atoms with van der Waals surface area (Å²) in [6, 6.07) is 5.20. The zero-order valence-electron chi connectivity index (χ0n) is 16.7. The number of primary amides is 1. The first kappa shape index (κ1) is 20.1. The number of amides is 1. The minimum atomic E-state index is -0.697. The summed E-state index contributed by atoms with van der Waals surface area (Å²) in [5.74, 6) is 1.06. The van der Waals surface area contributed by atoms with E-state index in [0.29, 0.717) is 29.7 Å². The van der Waals surface area contributed by atoms with Gasteiger partial charge in [-0.15, -0.1) is 10.2 Å². The Morgan fingerprint density at radius 3 is 2.41 bits per heavy atom. The number of anilines is 3. The first-order valence-electron chi connectivity index (χ1n) is 8.80. The first-order chi connectivity index (χ1) is 13.8. The van der Waals surface area contributed by atoms with Crippen LogP contribution < -0.4 is 31.6 Å². The van der Waals surface area contributed by atoms with E-state index in [9.17, 15) is 4.79 Å². The van der Waals surface area contributed by atoms with E-state index in [0.717, 1.165) is 0 Å². The minimum absolute atomic E-state index is 0.0976. The van der Waals surface area contributed by atoms with Gasteiger partial charge in [-0.25, -0.2) is 0 Å². The van der Waals surface area contributed by atoms with E-state index < -0.39 is 11.4 Å². The molecule has 1 amide bonds. The number of hydrogen-bond acceptors (Lipinski definition) is 9. The molecule has 0 aliphatic carbocycles. The van der Waals surface area contributed by atoms with Crippen LogP contribution in [0.15, 0.2) is 24.5 Å². The third kappa shape index (κ3) is 4.14. The van der Waals surface area contributed by atoms with Crippen molar-refractivity contribution in [1.29, 1.82) is 0 Å². The Labute approximate surface area is 167 Å². The lowest BCUT2D eigenvalue weighted by molar-refractivity contribution is 0.100. The second-order valence-electron chi connectivity index (χ2n) is 6.99. The van der Waals surface area contributed by atoms with Gasteiger partial charge < -0.3 is 31.6 Å². The van der Waals surface area contributed by atoms with E-state index in [1.807, 2.05) is 13.8 Å². The van der Waals surface area contributed by atoms with Crippen LogP contribution in [0.5, 0.6) is 11.5 Å². The molecule has 6 N–H and O–H groups in total. The summed E-state index contributed by atoms with van der Waals surface area (Å²) in [6.07, 6.45) is 1.45. The molecule has 0 fully saturated rings. The van der Waals surface area contributed by atoms with Crippen molar-refractivity contribution in [3.05, 3.63) is 30.1 Å². The fraction of sp³-hybridized carbons (Fsp3) is 0.333. The van der Waals surface area contributed by atoms with Crippen LogP contribution in [0.1, 0.15) is 24.2 Å². The maximum Gasteiger partial charge on any atom is 0.256 e. The van der Waals surface area contributed by atoms with Crippen LogP contribution in [0.25, 0.3) is 5.65 Å². The lowest BCUT2D eigenvalue weighted by Crippen LogP contribution is -2.40. The Morgan fingerprint density at radius 2 is 1.86 bits per heavy atom. The highest BCUT2D eigenvalue weighted by Crippen LogP contribution is 2.30. The van der Waals surface area contributed by atoms with Crippen LogP contribution in [0, 0.1) is 0 Å². The van der Waals surface area contributed by atoms with E-state index in [1.165, 1.54) is 6.33 Å². The minimum Gasteiger partial charge on any atom is -0.497 e. The molecule has 2 aromatic heterocycles. The zero-order valence-corrected chi connectivity index (χ0v) is 16.7. The number of ether oxygens (including phenoxy) is 2. The van der Waals surface area contributed by atoms with Crippen molar-refractivity contribution in [3.8, 4) is 11.5 Å². The van der Waals surface area contributed by atoms with Crippen LogP contribution >= 0.6 is 0 Å². The van der Waals surface area contributed by atoms with E-state index in [4.69, 9.17) is 20.9 Å². The Kier molecular flexibility index (Phi) is 5.41. The summed E-state index contributed by atoms with van der Waals surface area (Å²) in [5.41, 5.74) is 11.9. The fourth-order valence-electron chi connectivity index (χ4n) is 2.66. The average Bonchev–Trinajstić information content (AvgIpc) is 3.16. The van der Waals surface area contributed by atoms with Crippen molar-refractivity contribution < 1.29 is 14.3 Å². The van der Waals surface area contributed by atoms with Gasteiger partial charge in [-0.1, -0.05) is 0 Å². The molecular formula is C18H24N8O3. The molecule has 0 radical (unpaired) electrons. The Morgan fingerprint density at radius 1 is 1.21 bits per heavy atom. The molecule has 11 heteroatoms. The highest BCUT2D eigenvalue weighted by molar-refractivity contribution is 6.04. The van der Waals surface area contributed by atoms with Gasteiger partial charge in [-0.2, -0.15) is 4.98 Å². The molecule has 3 rings (SSSR count). The second kappa shape index (κ2) is 7.80. The quantitative estimate of drug-likeness (QED) is 0.435. The van der Waals surface area contributed by atoms with Crippen molar-refractivity contribution in [3.63, 3.8) is 0 Å². The number of fused-ring (bicyclic) bond motifs is 1. The van der Waals surface area contributed by atoms with Gasteiger partial charge in [0.05, 0.1) is 14.2 Å². The lowest BCUT2D eigenvalue weighted by Gasteiger charge is -2.26. The van der Waals surface area contributed by atoms with Crippen molar-refractivity contribution in [1.82, 2.24) is 19.6 Å². The molecule has 0 atom stereocenters. The summed E-state index contributed by atoms with van der Waals surface area (Å²) in [4.78, 5) is 16.8. The molecule has 0 saturated heterocycles. The first-order valence-corrected chi connectivity index (χ1v) is 8.80. The van der Waals surface area contributed by atoms with E-state index in [1.54, 1.807) is 36.8 Å². The molecule has 3 aromatic rings. The van der Waals surface area contributed by atoms with Crippen LogP contribution in [0.4, 0.5) is 17.5 Å². The number of hydrogen-bond donors (Lipinski definition) is 4. The maximum absolute atomic E-state index is 12.2. The topological polar surface area (TPSA) is 155 Å². The summed E-state index contributed by atoms with van der Waals surface area (Å²) in [5, 5.41) is 14.3. The van der Waals surface area contributed by atoms with Gasteiger partial charge >= 0.3 is 0 Å². The van der Waals surface area contributed by atoms with Crippen LogP contribution in [-0.2, 0) is 0 Å². The van der Waals surface area contributed by atoms with Crippen molar-refractivity contribution in [2.75, 3.05) is 31.4 Å². The number of nitrogens with zero attached hydrogens (tertiary/aromatic N) is 4. The molecular weight excluding hydrogens is 376 g/mol. The fourth-order valence-corrected chi connectivity index (χ4v) is 2.66. The molecule has 0 bridgehead atoms. The number of methoxy groups -OCH3 is 2. The second-order valence-corrected chi connectivity index (χ2v) is 6.99. The summed E-state index contributed by atoms with van der Waals surface area (Å²) < 4.78 is 12.1. The summed E-state index contributed by atoms with van der Waals surface area (Å²) in [7, 11) is 3.09. The molecule has 0 spiro atoms. The Balaban J connectivity index is 2.16. The predicted octanol–water partition coefficient (Wildman–Crippen LogP) is 1.13. The molecule has 154 valence electrons. The van der Waals surface area contributed by atoms with Gasteiger partial charge in [0.15, 0.2) is 11.5 Å². The predicted molar refractivity (Wildman–Crippen MR) is 109 cm³/mol. The van der Waals surface area contributed by atoms with Crippen molar-refractivity contribution >= 4 is 29.0 Å². The monoisotopic (exact) mass is 400 g/mol. The van der Waals surface area contributed by atoms with Crippen LogP contribution in [0.2, 0.25) is 0 Å². The number of carbonyl (C=O) groups excluding carboxylic acids is 1. The molecule has 0 aliphatic rings. The van der Waals surface area contributed by atoms with Crippen molar-refractivity contribution in [2.45, 2.75) is 19.4 Å². The number of aromatic nitrogens is 4. The third-order valence-corrected chi connectivity index (χ3v) is 4.28. The molecule has 0 aliphatic heterocycles. The van der Waals surface area contributed by atoms with Crippen LogP contribution in [-0.4, -0.2) is 51.8 Å². The summed E-state index contributed by atoms with van der Waals surface area (Å²) in [6.45, 7) is 4.20. The summed E-state index contributed by atoms with van der Waals surface area (Å²) >= 11 is 0. The Bertz CT molecular complexity index is 1020. The molecule has 29 heavy (non-hydrogen) atoms. The molecule has 1 aromatic carbocycles. The lowest BCUT2D eigenvalue weighted by atomic mass is 10.1. The van der Waals surface area contributed by atoms with Gasteiger partial charge in [0.25, 0.3) is 5.91 Å². The SMILES string of the molecule is COc1cc(Nc2nc(NC(C)(C)CN)n3cnnc3c2C(N)=O)cc(OC)c1. The van der Waals surface area contributed by atoms with E-state index in [2.05, 4.69) is 25.8 Å². The largest absolute Gasteiger partial charge is 0.497 e. The third-order valence-electron chi connectivity index (χ3n) is 4.28. The standard InChI is InChI=1S/C18H24N8O3/c1-18(2,8-19)24-17-23-15(13(14(20)27)16-25-21-9-26(16)17)22-10-5-11(28-3)7-12(6-10)29-4/h5-7,9,22H,8,19H2,1-4H3,(H2,20,27)(H,23,24). The van der Waals surface area contributed by atoms with Gasteiger partial charge in [0.1, 0.15) is 23.4 Å². The number of nitrogens with two attached hydrogens (primary N) is 2. The number of benzene rings is 1. The Hall–Kier alpha value is -3.60. The average molecular weight is 400 g/mol. The molecule has 0 saturated carbocycles. The van der Waals surface area contributed by atoms with Gasteiger partial charge in [0, 0.05) is 36.0 Å². The molecule has 2 heterocycles. The normalized spacial score (nSPS) is 11.3. The number of rotatable bonds is 8. The van der Waals surface area contributed by atoms with Crippen molar-refractivity contribution in [2.24, 2.45) is 11.5 Å². The highest BCUT2D eigenvalue weighted by Gasteiger charge is 2.24. The van der Waals surface area contributed by atoms with Gasteiger partial charge in [-0.05, 0) is 13.8 Å². The molecule has 0 unspecified atom stereocenters. The van der Waals surface area contributed by atoms with E-state index >= 15 is 0 Å². The smallest absolute Gasteiger partial charge is 0.256 e. The molecule has 11 nitrogen and oxygen atoms in total.